The van der Waals surface area contributed by atoms with Crippen LogP contribution in [0, 0.1) is 17.2 Å². The molecule has 0 N–H and O–H groups in total. The minimum atomic E-state index is -0.121. The molecular weight excluding hydrogens is 216 g/mol. The van der Waals surface area contributed by atoms with Crippen molar-refractivity contribution in [3.63, 3.8) is 0 Å². The molecule has 4 heteroatoms. The first-order valence-electron chi connectivity index (χ1n) is 5.59. The van der Waals surface area contributed by atoms with Gasteiger partial charge in [-0.1, -0.05) is 0 Å². The van der Waals surface area contributed by atoms with E-state index in [0.717, 1.165) is 18.8 Å². The molecule has 0 unspecified atom stereocenters. The summed E-state index contributed by atoms with van der Waals surface area (Å²) in [5.41, 5.74) is 1.84. The van der Waals surface area contributed by atoms with E-state index >= 15 is 0 Å². The van der Waals surface area contributed by atoms with Crippen LogP contribution < -0.4 is 4.90 Å². The highest BCUT2D eigenvalue weighted by Gasteiger charge is 2.33. The van der Waals surface area contributed by atoms with Crippen LogP contribution in [0.4, 0.5) is 5.69 Å². The van der Waals surface area contributed by atoms with Gasteiger partial charge in [-0.2, -0.15) is 5.26 Å². The molecule has 17 heavy (non-hydrogen) atoms. The molecule has 1 heterocycles. The lowest BCUT2D eigenvalue weighted by molar-refractivity contribution is -0.142. The van der Waals surface area contributed by atoms with Crippen molar-refractivity contribution in [2.24, 2.45) is 5.92 Å². The Bertz CT molecular complexity index is 400. The fraction of sp³-hybridized carbons (Fsp3) is 0.462. The topological polar surface area (TPSA) is 45.5 Å². The third kappa shape index (κ3) is 2.41. The van der Waals surface area contributed by atoms with Crippen LogP contribution >= 0.6 is 0 Å². The summed E-state index contributed by atoms with van der Waals surface area (Å²) in [5.74, 6) is 0.417. The molecule has 0 radical (unpaired) electrons. The first-order valence-corrected chi connectivity index (χ1v) is 5.59. The normalized spacial score (nSPS) is 15.8. The largest absolute Gasteiger partial charge is 0.370 e. The maximum atomic E-state index is 8.72. The second-order valence-corrected chi connectivity index (χ2v) is 4.16. The van der Waals surface area contributed by atoms with Crippen molar-refractivity contribution in [3.05, 3.63) is 29.8 Å². The molecule has 1 fully saturated rings. The summed E-state index contributed by atoms with van der Waals surface area (Å²) in [5, 5.41) is 8.72. The van der Waals surface area contributed by atoms with E-state index in [1.54, 1.807) is 14.2 Å². The van der Waals surface area contributed by atoms with Gasteiger partial charge in [-0.05, 0) is 24.3 Å². The van der Waals surface area contributed by atoms with E-state index in [4.69, 9.17) is 14.7 Å². The summed E-state index contributed by atoms with van der Waals surface area (Å²) >= 11 is 0. The number of hydrogen-bond acceptors (Lipinski definition) is 4. The Labute approximate surface area is 101 Å². The van der Waals surface area contributed by atoms with E-state index in [2.05, 4.69) is 11.0 Å². The van der Waals surface area contributed by atoms with Crippen LogP contribution in [0.25, 0.3) is 0 Å². The molecule has 1 aliphatic rings. The van der Waals surface area contributed by atoms with Crippen molar-refractivity contribution in [2.75, 3.05) is 32.2 Å². The van der Waals surface area contributed by atoms with Gasteiger partial charge in [-0.25, -0.2) is 0 Å². The third-order valence-corrected chi connectivity index (χ3v) is 3.12. The van der Waals surface area contributed by atoms with Crippen LogP contribution in [0.15, 0.2) is 24.3 Å². The molecule has 0 aliphatic carbocycles. The minimum absolute atomic E-state index is 0.121. The smallest absolute Gasteiger partial charge is 0.162 e. The molecule has 90 valence electrons. The van der Waals surface area contributed by atoms with Crippen LogP contribution in [-0.2, 0) is 9.47 Å². The highest BCUT2D eigenvalue weighted by atomic mass is 16.7. The number of benzene rings is 1. The van der Waals surface area contributed by atoms with E-state index in [1.165, 1.54) is 0 Å². The highest BCUT2D eigenvalue weighted by Crippen LogP contribution is 2.27. The van der Waals surface area contributed by atoms with Gasteiger partial charge >= 0.3 is 0 Å². The quantitative estimate of drug-likeness (QED) is 0.740. The number of nitrogens with zero attached hydrogens (tertiary/aromatic N) is 2. The molecular formula is C13H16N2O2. The molecule has 0 atom stereocenters. The standard InChI is InChI=1S/C13H16N2O2/c1-16-13(17-2)11-8-15(9-11)12-5-3-10(7-14)4-6-12/h3-6,11,13H,8-9H2,1-2H3. The lowest BCUT2D eigenvalue weighted by Gasteiger charge is -2.43. The van der Waals surface area contributed by atoms with Crippen molar-refractivity contribution in [2.45, 2.75) is 6.29 Å². The Balaban J connectivity index is 1.93. The predicted molar refractivity (Wildman–Crippen MR) is 64.7 cm³/mol. The average Bonchev–Trinajstić information content (AvgIpc) is 2.33. The molecule has 1 saturated heterocycles. The van der Waals surface area contributed by atoms with Crippen molar-refractivity contribution >= 4 is 5.69 Å². The van der Waals surface area contributed by atoms with Gasteiger partial charge in [0.05, 0.1) is 11.6 Å². The zero-order valence-corrected chi connectivity index (χ0v) is 10.1. The SMILES string of the molecule is COC(OC)C1CN(c2ccc(C#N)cc2)C1. The molecule has 1 aliphatic heterocycles. The zero-order valence-electron chi connectivity index (χ0n) is 10.1. The van der Waals surface area contributed by atoms with Gasteiger partial charge < -0.3 is 14.4 Å². The summed E-state index contributed by atoms with van der Waals surface area (Å²) in [6, 6.07) is 9.75. The number of nitriles is 1. The maximum absolute atomic E-state index is 8.72. The van der Waals surface area contributed by atoms with E-state index in [1.807, 2.05) is 24.3 Å². The van der Waals surface area contributed by atoms with E-state index < -0.39 is 0 Å². The first-order chi connectivity index (χ1) is 8.28. The third-order valence-electron chi connectivity index (χ3n) is 3.12. The summed E-state index contributed by atoms with van der Waals surface area (Å²) in [7, 11) is 3.33. The van der Waals surface area contributed by atoms with Gasteiger partial charge in [0.15, 0.2) is 6.29 Å². The highest BCUT2D eigenvalue weighted by molar-refractivity contribution is 5.51. The monoisotopic (exact) mass is 232 g/mol. The molecule has 2 rings (SSSR count). The molecule has 1 aromatic rings. The van der Waals surface area contributed by atoms with Gasteiger partial charge in [0, 0.05) is 38.9 Å². The number of methoxy groups -OCH3 is 2. The number of hydrogen-bond donors (Lipinski definition) is 0. The molecule has 1 aromatic carbocycles. The summed E-state index contributed by atoms with van der Waals surface area (Å²) in [6.07, 6.45) is -0.121. The average molecular weight is 232 g/mol. The lowest BCUT2D eigenvalue weighted by Crippen LogP contribution is -2.53. The minimum Gasteiger partial charge on any atom is -0.370 e. The fourth-order valence-electron chi connectivity index (χ4n) is 2.12. The van der Waals surface area contributed by atoms with Crippen molar-refractivity contribution in [1.82, 2.24) is 0 Å². The lowest BCUT2D eigenvalue weighted by atomic mass is 9.98. The van der Waals surface area contributed by atoms with Crippen LogP contribution in [0.2, 0.25) is 0 Å². The predicted octanol–water partition coefficient (Wildman–Crippen LogP) is 1.61. The summed E-state index contributed by atoms with van der Waals surface area (Å²) in [6.45, 7) is 1.86. The molecule has 0 spiro atoms. The van der Waals surface area contributed by atoms with Crippen LogP contribution in [0.3, 0.4) is 0 Å². The van der Waals surface area contributed by atoms with E-state index in [0.29, 0.717) is 11.5 Å². The van der Waals surface area contributed by atoms with Gasteiger partial charge in [0.1, 0.15) is 0 Å². The van der Waals surface area contributed by atoms with Crippen molar-refractivity contribution in [1.29, 1.82) is 5.26 Å². The van der Waals surface area contributed by atoms with Crippen molar-refractivity contribution in [3.8, 4) is 6.07 Å². The van der Waals surface area contributed by atoms with Crippen LogP contribution in [0.5, 0.6) is 0 Å². The van der Waals surface area contributed by atoms with E-state index in [9.17, 15) is 0 Å². The molecule has 4 nitrogen and oxygen atoms in total. The Morgan fingerprint density at radius 2 is 1.82 bits per heavy atom. The summed E-state index contributed by atoms with van der Waals surface area (Å²) < 4.78 is 10.5. The Kier molecular flexibility index (Phi) is 3.62. The molecule has 0 bridgehead atoms. The van der Waals surface area contributed by atoms with E-state index in [-0.39, 0.29) is 6.29 Å². The second kappa shape index (κ2) is 5.17. The van der Waals surface area contributed by atoms with Gasteiger partial charge in [-0.15, -0.1) is 0 Å². The van der Waals surface area contributed by atoms with Gasteiger partial charge in [-0.3, -0.25) is 0 Å². The summed E-state index contributed by atoms with van der Waals surface area (Å²) in [4.78, 5) is 2.25. The van der Waals surface area contributed by atoms with Gasteiger partial charge in [0.25, 0.3) is 0 Å². The Morgan fingerprint density at radius 1 is 1.24 bits per heavy atom. The van der Waals surface area contributed by atoms with Crippen LogP contribution in [0.1, 0.15) is 5.56 Å². The molecule has 0 aromatic heterocycles. The van der Waals surface area contributed by atoms with Gasteiger partial charge in [0.2, 0.25) is 0 Å². The number of ether oxygens (including phenoxy) is 2. The fourth-order valence-corrected chi connectivity index (χ4v) is 2.12. The molecule has 0 saturated carbocycles. The zero-order chi connectivity index (χ0) is 12.3. The Hall–Kier alpha value is -1.57. The second-order valence-electron chi connectivity index (χ2n) is 4.16. The first kappa shape index (κ1) is 11.9. The number of rotatable bonds is 4. The van der Waals surface area contributed by atoms with Crippen LogP contribution in [-0.4, -0.2) is 33.6 Å². The van der Waals surface area contributed by atoms with Crippen molar-refractivity contribution < 1.29 is 9.47 Å². The molecule has 0 amide bonds. The number of anilines is 1. The maximum Gasteiger partial charge on any atom is 0.162 e. The Morgan fingerprint density at radius 3 is 2.29 bits per heavy atom.